The smallest absolute Gasteiger partial charge is 0.339 e. The van der Waals surface area contributed by atoms with Crippen LogP contribution in [0.1, 0.15) is 46.2 Å². The standard InChI is InChI=1S/C26H23N3O3S/c1-16-7-5-8-19(13-16)29(17(2)30)26-27-18(15-33-26)14-32-25(31)24-20-9-3-4-11-22(20)28-23-12-6-10-21(23)24/h3-5,7-9,11,13,15H,6,10,12,14H2,1-2H3. The highest BCUT2D eigenvalue weighted by Gasteiger charge is 2.25. The molecule has 33 heavy (non-hydrogen) atoms. The van der Waals surface area contributed by atoms with Crippen molar-refractivity contribution in [3.05, 3.63) is 82.0 Å². The second-order valence-electron chi connectivity index (χ2n) is 8.17. The molecule has 0 saturated carbocycles. The quantitative estimate of drug-likeness (QED) is 0.369. The molecule has 7 heteroatoms. The van der Waals surface area contributed by atoms with Crippen LogP contribution in [0.5, 0.6) is 0 Å². The zero-order valence-corrected chi connectivity index (χ0v) is 19.3. The summed E-state index contributed by atoms with van der Waals surface area (Å²) in [4.78, 5) is 36.4. The van der Waals surface area contributed by atoms with E-state index >= 15 is 0 Å². The fourth-order valence-corrected chi connectivity index (χ4v) is 5.19. The molecule has 5 rings (SSSR count). The number of thiazole rings is 1. The van der Waals surface area contributed by atoms with E-state index in [2.05, 4.69) is 4.98 Å². The molecule has 0 fully saturated rings. The summed E-state index contributed by atoms with van der Waals surface area (Å²) in [6.45, 7) is 3.53. The number of nitrogens with zero attached hydrogens (tertiary/aromatic N) is 3. The van der Waals surface area contributed by atoms with E-state index < -0.39 is 0 Å². The lowest BCUT2D eigenvalue weighted by Gasteiger charge is -2.18. The Morgan fingerprint density at radius 1 is 1.09 bits per heavy atom. The molecule has 0 N–H and O–H groups in total. The zero-order valence-electron chi connectivity index (χ0n) is 18.5. The topological polar surface area (TPSA) is 72.4 Å². The van der Waals surface area contributed by atoms with Crippen molar-refractivity contribution in [2.75, 3.05) is 4.90 Å². The van der Waals surface area contributed by atoms with Crippen molar-refractivity contribution in [3.8, 4) is 0 Å². The van der Waals surface area contributed by atoms with Crippen LogP contribution in [0.2, 0.25) is 0 Å². The maximum absolute atomic E-state index is 13.2. The predicted octanol–water partition coefficient (Wildman–Crippen LogP) is 5.53. The van der Waals surface area contributed by atoms with Crippen LogP contribution in [-0.2, 0) is 29.0 Å². The number of benzene rings is 2. The summed E-state index contributed by atoms with van der Waals surface area (Å²) in [5.74, 6) is -0.485. The number of carbonyl (C=O) groups is 2. The van der Waals surface area contributed by atoms with Crippen molar-refractivity contribution in [1.29, 1.82) is 0 Å². The molecule has 2 aromatic carbocycles. The number of fused-ring (bicyclic) bond motifs is 2. The fraction of sp³-hybridized carbons (Fsp3) is 0.231. The van der Waals surface area contributed by atoms with Gasteiger partial charge in [0.1, 0.15) is 6.61 Å². The minimum Gasteiger partial charge on any atom is -0.456 e. The van der Waals surface area contributed by atoms with Gasteiger partial charge in [0, 0.05) is 23.4 Å². The molecule has 166 valence electrons. The Hall–Kier alpha value is -3.58. The Balaban J connectivity index is 1.38. The molecular weight excluding hydrogens is 434 g/mol. The Kier molecular flexibility index (Phi) is 5.64. The van der Waals surface area contributed by atoms with Crippen molar-refractivity contribution in [2.24, 2.45) is 0 Å². The van der Waals surface area contributed by atoms with Crippen LogP contribution >= 0.6 is 11.3 Å². The van der Waals surface area contributed by atoms with E-state index in [9.17, 15) is 9.59 Å². The average Bonchev–Trinajstić information content (AvgIpc) is 3.45. The predicted molar refractivity (Wildman–Crippen MR) is 129 cm³/mol. The van der Waals surface area contributed by atoms with E-state index in [-0.39, 0.29) is 18.5 Å². The van der Waals surface area contributed by atoms with Gasteiger partial charge in [-0.1, -0.05) is 30.3 Å². The van der Waals surface area contributed by atoms with Gasteiger partial charge in [0.05, 0.1) is 22.5 Å². The molecule has 0 aliphatic heterocycles. The molecule has 2 heterocycles. The van der Waals surface area contributed by atoms with Crippen molar-refractivity contribution in [2.45, 2.75) is 39.7 Å². The van der Waals surface area contributed by atoms with Crippen LogP contribution < -0.4 is 4.90 Å². The van der Waals surface area contributed by atoms with Gasteiger partial charge in [0.2, 0.25) is 5.91 Å². The highest BCUT2D eigenvalue weighted by molar-refractivity contribution is 7.14. The van der Waals surface area contributed by atoms with Gasteiger partial charge in [0.15, 0.2) is 5.13 Å². The normalized spacial score (nSPS) is 12.5. The number of hydrogen-bond donors (Lipinski definition) is 0. The molecule has 6 nitrogen and oxygen atoms in total. The molecule has 0 unspecified atom stereocenters. The first-order valence-electron chi connectivity index (χ1n) is 10.9. The summed E-state index contributed by atoms with van der Waals surface area (Å²) in [6.07, 6.45) is 2.71. The maximum Gasteiger partial charge on any atom is 0.339 e. The Bertz CT molecular complexity index is 1380. The molecule has 2 aromatic heterocycles. The van der Waals surface area contributed by atoms with Gasteiger partial charge in [-0.3, -0.25) is 14.7 Å². The van der Waals surface area contributed by atoms with E-state index in [0.29, 0.717) is 16.4 Å². The van der Waals surface area contributed by atoms with Gasteiger partial charge in [-0.2, -0.15) is 0 Å². The molecule has 0 spiro atoms. The largest absolute Gasteiger partial charge is 0.456 e. The highest BCUT2D eigenvalue weighted by Crippen LogP contribution is 2.32. The molecule has 4 aromatic rings. The van der Waals surface area contributed by atoms with Crippen molar-refractivity contribution < 1.29 is 14.3 Å². The van der Waals surface area contributed by atoms with Crippen LogP contribution in [0.3, 0.4) is 0 Å². The second-order valence-corrected chi connectivity index (χ2v) is 9.01. The zero-order chi connectivity index (χ0) is 22.9. The number of para-hydroxylation sites is 1. The molecule has 0 atom stereocenters. The number of anilines is 2. The average molecular weight is 458 g/mol. The van der Waals surface area contributed by atoms with Crippen LogP contribution in [0.4, 0.5) is 10.8 Å². The van der Waals surface area contributed by atoms with Gasteiger partial charge in [0.25, 0.3) is 0 Å². The van der Waals surface area contributed by atoms with E-state index in [1.165, 1.54) is 18.3 Å². The van der Waals surface area contributed by atoms with Gasteiger partial charge in [-0.15, -0.1) is 11.3 Å². The Morgan fingerprint density at radius 2 is 1.94 bits per heavy atom. The fourth-order valence-electron chi connectivity index (χ4n) is 4.32. The maximum atomic E-state index is 13.2. The number of esters is 1. The highest BCUT2D eigenvalue weighted by atomic mass is 32.1. The lowest BCUT2D eigenvalue weighted by molar-refractivity contribution is -0.115. The van der Waals surface area contributed by atoms with Crippen molar-refractivity contribution >= 4 is 44.9 Å². The number of carbonyl (C=O) groups excluding carboxylic acids is 2. The lowest BCUT2D eigenvalue weighted by Crippen LogP contribution is -2.22. The monoisotopic (exact) mass is 457 g/mol. The SMILES string of the molecule is CC(=O)N(c1cccc(C)c1)c1nc(COC(=O)c2c3c(nc4ccccc24)CCC3)cs1. The summed E-state index contributed by atoms with van der Waals surface area (Å²) in [5, 5.41) is 3.20. The Labute approximate surface area is 195 Å². The number of aryl methyl sites for hydroxylation is 2. The van der Waals surface area contributed by atoms with Crippen LogP contribution in [0, 0.1) is 6.92 Å². The number of amides is 1. The molecule has 1 aliphatic rings. The third-order valence-corrected chi connectivity index (χ3v) is 6.65. The Morgan fingerprint density at radius 3 is 2.76 bits per heavy atom. The van der Waals surface area contributed by atoms with Gasteiger partial charge >= 0.3 is 5.97 Å². The number of hydrogen-bond acceptors (Lipinski definition) is 6. The minimum absolute atomic E-state index is 0.0420. The van der Waals surface area contributed by atoms with E-state index in [0.717, 1.165) is 52.7 Å². The third kappa shape index (κ3) is 4.12. The van der Waals surface area contributed by atoms with Gasteiger partial charge in [-0.25, -0.2) is 9.78 Å². The second kappa shape index (κ2) is 8.75. The summed E-state index contributed by atoms with van der Waals surface area (Å²) in [7, 11) is 0. The number of aromatic nitrogens is 2. The van der Waals surface area contributed by atoms with Gasteiger partial charge < -0.3 is 4.74 Å². The van der Waals surface area contributed by atoms with Crippen molar-refractivity contribution in [1.82, 2.24) is 9.97 Å². The van der Waals surface area contributed by atoms with E-state index in [1.807, 2.05) is 60.8 Å². The molecule has 0 bridgehead atoms. The van der Waals surface area contributed by atoms with Crippen LogP contribution in [-0.4, -0.2) is 21.8 Å². The first-order chi connectivity index (χ1) is 16.0. The summed E-state index contributed by atoms with van der Waals surface area (Å²) < 4.78 is 5.70. The van der Waals surface area contributed by atoms with Crippen LogP contribution in [0.15, 0.2) is 53.9 Å². The molecular formula is C26H23N3O3S. The number of ether oxygens (including phenoxy) is 1. The summed E-state index contributed by atoms with van der Waals surface area (Å²) in [6, 6.07) is 15.4. The number of rotatable bonds is 5. The van der Waals surface area contributed by atoms with Crippen molar-refractivity contribution in [3.63, 3.8) is 0 Å². The summed E-state index contributed by atoms with van der Waals surface area (Å²) >= 11 is 1.35. The van der Waals surface area contributed by atoms with Crippen LogP contribution in [0.25, 0.3) is 10.9 Å². The molecule has 0 saturated heterocycles. The number of pyridine rings is 1. The van der Waals surface area contributed by atoms with E-state index in [1.54, 1.807) is 4.90 Å². The first-order valence-corrected chi connectivity index (χ1v) is 11.8. The third-order valence-electron chi connectivity index (χ3n) is 5.78. The minimum atomic E-state index is -0.358. The molecule has 1 amide bonds. The van der Waals surface area contributed by atoms with Gasteiger partial charge in [-0.05, 0) is 55.5 Å². The first kappa shape index (κ1) is 21.3. The lowest BCUT2D eigenvalue weighted by atomic mass is 10.0. The summed E-state index contributed by atoms with van der Waals surface area (Å²) in [5.41, 5.74) is 5.86. The molecule has 0 radical (unpaired) electrons. The van der Waals surface area contributed by atoms with E-state index in [4.69, 9.17) is 9.72 Å². The molecule has 1 aliphatic carbocycles.